The number of anilines is 2. The van der Waals surface area contributed by atoms with Crippen molar-refractivity contribution in [1.82, 2.24) is 19.9 Å². The van der Waals surface area contributed by atoms with Crippen molar-refractivity contribution >= 4 is 22.5 Å². The number of hydrogen-bond donors (Lipinski definition) is 1. The zero-order valence-corrected chi connectivity index (χ0v) is 16.0. The molecule has 0 radical (unpaired) electrons. The van der Waals surface area contributed by atoms with Crippen molar-refractivity contribution < 1.29 is 0 Å². The third-order valence-corrected chi connectivity index (χ3v) is 6.01. The molecular formula is C21H23N7. The molecule has 1 N–H and O–H groups in total. The van der Waals surface area contributed by atoms with Crippen molar-refractivity contribution in [2.45, 2.75) is 38.8 Å². The van der Waals surface area contributed by atoms with Crippen LogP contribution < -0.4 is 9.80 Å². The molecule has 2 aliphatic heterocycles. The summed E-state index contributed by atoms with van der Waals surface area (Å²) in [6, 6.07) is 6.95. The number of nitrogens with one attached hydrogen (secondary N) is 1. The van der Waals surface area contributed by atoms with Gasteiger partial charge >= 0.3 is 0 Å². The smallest absolute Gasteiger partial charge is 0.139 e. The Bertz CT molecular complexity index is 1050. The van der Waals surface area contributed by atoms with E-state index in [0.29, 0.717) is 6.04 Å². The molecule has 5 heterocycles. The van der Waals surface area contributed by atoms with Gasteiger partial charge < -0.3 is 14.8 Å². The van der Waals surface area contributed by atoms with E-state index in [-0.39, 0.29) is 5.92 Å². The van der Waals surface area contributed by atoms with Crippen molar-refractivity contribution in [2.24, 2.45) is 5.92 Å². The molecule has 3 aromatic rings. The fraction of sp³-hybridized carbons (Fsp3) is 0.429. The lowest BCUT2D eigenvalue weighted by Gasteiger charge is -2.39. The summed E-state index contributed by atoms with van der Waals surface area (Å²) in [7, 11) is 0. The Balaban J connectivity index is 1.54. The third kappa shape index (κ3) is 2.76. The van der Waals surface area contributed by atoms with E-state index < -0.39 is 0 Å². The normalized spacial score (nSPS) is 22.1. The van der Waals surface area contributed by atoms with Crippen LogP contribution in [0.2, 0.25) is 0 Å². The number of H-pyrrole nitrogens is 1. The molecule has 0 saturated carbocycles. The standard InChI is InChI=1S/C21H23N7/c1-14-9-18-17(12-28(14)19-5-7-24-20-16(19)4-6-23-20)21(26-13-25-18)27-8-2-3-15(10-22)11-27/h4-7,13-15H,2-3,8-9,11-12H2,1H3,(H,23,24). The van der Waals surface area contributed by atoms with Crippen LogP contribution in [0.15, 0.2) is 30.9 Å². The van der Waals surface area contributed by atoms with Gasteiger partial charge in [-0.05, 0) is 31.9 Å². The molecule has 0 spiro atoms. The Hall–Kier alpha value is -3.14. The van der Waals surface area contributed by atoms with E-state index in [9.17, 15) is 5.26 Å². The summed E-state index contributed by atoms with van der Waals surface area (Å²) in [5.74, 6) is 1.08. The molecule has 7 nitrogen and oxygen atoms in total. The number of hydrogen-bond acceptors (Lipinski definition) is 6. The summed E-state index contributed by atoms with van der Waals surface area (Å²) >= 11 is 0. The van der Waals surface area contributed by atoms with Crippen molar-refractivity contribution in [3.63, 3.8) is 0 Å². The van der Waals surface area contributed by atoms with Gasteiger partial charge in [-0.2, -0.15) is 5.26 Å². The predicted octanol–water partition coefficient (Wildman–Crippen LogP) is 3.04. The Morgan fingerprint density at radius 1 is 1.25 bits per heavy atom. The SMILES string of the molecule is CC1Cc2ncnc(N3CCCC(C#N)C3)c2CN1c1ccnc2[nH]ccc12. The quantitative estimate of drug-likeness (QED) is 0.743. The number of aromatic nitrogens is 4. The van der Waals surface area contributed by atoms with Gasteiger partial charge in [0.1, 0.15) is 17.8 Å². The van der Waals surface area contributed by atoms with Crippen LogP contribution in [-0.2, 0) is 13.0 Å². The molecule has 3 aromatic heterocycles. The minimum absolute atomic E-state index is 0.0812. The second kappa shape index (κ2) is 6.79. The number of rotatable bonds is 2. The van der Waals surface area contributed by atoms with Crippen LogP contribution >= 0.6 is 0 Å². The van der Waals surface area contributed by atoms with Crippen molar-refractivity contribution in [3.05, 3.63) is 42.1 Å². The van der Waals surface area contributed by atoms with Gasteiger partial charge in [-0.25, -0.2) is 15.0 Å². The number of piperidine rings is 1. The molecule has 28 heavy (non-hydrogen) atoms. The summed E-state index contributed by atoms with van der Waals surface area (Å²) in [6.45, 7) is 4.72. The fourth-order valence-electron chi connectivity index (χ4n) is 4.56. The summed E-state index contributed by atoms with van der Waals surface area (Å²) in [5, 5.41) is 10.5. The summed E-state index contributed by atoms with van der Waals surface area (Å²) in [6.07, 6.45) is 8.38. The molecule has 2 atom stereocenters. The maximum Gasteiger partial charge on any atom is 0.139 e. The van der Waals surface area contributed by atoms with E-state index in [1.165, 1.54) is 11.3 Å². The highest BCUT2D eigenvalue weighted by atomic mass is 15.2. The van der Waals surface area contributed by atoms with Gasteiger partial charge in [-0.3, -0.25) is 0 Å². The van der Waals surface area contributed by atoms with E-state index in [1.54, 1.807) is 6.33 Å². The van der Waals surface area contributed by atoms with Crippen LogP contribution in [-0.4, -0.2) is 39.1 Å². The maximum atomic E-state index is 9.37. The van der Waals surface area contributed by atoms with Gasteiger partial charge in [0, 0.05) is 61.1 Å². The van der Waals surface area contributed by atoms with E-state index in [1.807, 2.05) is 12.4 Å². The second-order valence-electron chi connectivity index (χ2n) is 7.79. The first-order valence-electron chi connectivity index (χ1n) is 9.90. The molecule has 0 aliphatic carbocycles. The largest absolute Gasteiger partial charge is 0.363 e. The first-order chi connectivity index (χ1) is 13.7. The predicted molar refractivity (Wildman–Crippen MR) is 108 cm³/mol. The van der Waals surface area contributed by atoms with Crippen LogP contribution in [0, 0.1) is 17.2 Å². The molecule has 2 aliphatic rings. The van der Waals surface area contributed by atoms with Crippen LogP contribution in [0.3, 0.4) is 0 Å². The Morgan fingerprint density at radius 2 is 2.18 bits per heavy atom. The zero-order valence-electron chi connectivity index (χ0n) is 16.0. The first-order valence-corrected chi connectivity index (χ1v) is 9.90. The van der Waals surface area contributed by atoms with Crippen LogP contribution in [0.25, 0.3) is 11.0 Å². The first kappa shape index (κ1) is 17.0. The molecule has 0 bridgehead atoms. The van der Waals surface area contributed by atoms with Gasteiger partial charge in [-0.15, -0.1) is 0 Å². The lowest BCUT2D eigenvalue weighted by atomic mass is 9.96. The summed E-state index contributed by atoms with van der Waals surface area (Å²) in [5.41, 5.74) is 4.42. The van der Waals surface area contributed by atoms with E-state index in [2.05, 4.69) is 54.9 Å². The maximum absolute atomic E-state index is 9.37. The molecule has 5 rings (SSSR count). The summed E-state index contributed by atoms with van der Waals surface area (Å²) < 4.78 is 0. The van der Waals surface area contributed by atoms with Gasteiger partial charge in [0.2, 0.25) is 0 Å². The molecule has 7 heteroatoms. The van der Waals surface area contributed by atoms with Crippen molar-refractivity contribution in [1.29, 1.82) is 5.26 Å². The highest BCUT2D eigenvalue weighted by molar-refractivity contribution is 5.90. The number of aromatic amines is 1. The number of nitriles is 1. The second-order valence-corrected chi connectivity index (χ2v) is 7.79. The molecular weight excluding hydrogens is 350 g/mol. The molecule has 1 fully saturated rings. The molecule has 0 amide bonds. The van der Waals surface area contributed by atoms with Gasteiger partial charge in [-0.1, -0.05) is 0 Å². The third-order valence-electron chi connectivity index (χ3n) is 6.01. The lowest BCUT2D eigenvalue weighted by Crippen LogP contribution is -2.42. The highest BCUT2D eigenvalue weighted by Gasteiger charge is 2.31. The number of nitrogens with zero attached hydrogens (tertiary/aromatic N) is 6. The average molecular weight is 373 g/mol. The van der Waals surface area contributed by atoms with E-state index >= 15 is 0 Å². The number of pyridine rings is 1. The van der Waals surface area contributed by atoms with E-state index in [4.69, 9.17) is 0 Å². The molecule has 0 aromatic carbocycles. The van der Waals surface area contributed by atoms with Crippen LogP contribution in [0.4, 0.5) is 11.5 Å². The van der Waals surface area contributed by atoms with Crippen molar-refractivity contribution in [2.75, 3.05) is 22.9 Å². The van der Waals surface area contributed by atoms with Gasteiger partial charge in [0.05, 0.1) is 17.7 Å². The Kier molecular flexibility index (Phi) is 4.12. The van der Waals surface area contributed by atoms with E-state index in [0.717, 1.165) is 61.4 Å². The van der Waals surface area contributed by atoms with Crippen molar-refractivity contribution in [3.8, 4) is 6.07 Å². The Morgan fingerprint density at radius 3 is 3.07 bits per heavy atom. The highest BCUT2D eigenvalue weighted by Crippen LogP contribution is 2.35. The molecule has 142 valence electrons. The average Bonchev–Trinajstić information content (AvgIpc) is 3.22. The molecule has 2 unspecified atom stereocenters. The minimum Gasteiger partial charge on any atom is -0.363 e. The van der Waals surface area contributed by atoms with Crippen LogP contribution in [0.5, 0.6) is 0 Å². The fourth-order valence-corrected chi connectivity index (χ4v) is 4.56. The topological polar surface area (TPSA) is 84.7 Å². The summed E-state index contributed by atoms with van der Waals surface area (Å²) in [4.78, 5) is 21.6. The van der Waals surface area contributed by atoms with Gasteiger partial charge in [0.25, 0.3) is 0 Å². The molecule has 1 saturated heterocycles. The lowest BCUT2D eigenvalue weighted by molar-refractivity contribution is 0.486. The monoisotopic (exact) mass is 373 g/mol. The van der Waals surface area contributed by atoms with Gasteiger partial charge in [0.15, 0.2) is 0 Å². The number of fused-ring (bicyclic) bond motifs is 2. The minimum atomic E-state index is 0.0812. The Labute approximate surface area is 164 Å². The zero-order chi connectivity index (χ0) is 19.1. The van der Waals surface area contributed by atoms with Crippen LogP contribution in [0.1, 0.15) is 31.0 Å².